The highest BCUT2D eigenvalue weighted by molar-refractivity contribution is 5.55. The van der Waals surface area contributed by atoms with Crippen LogP contribution in [0.3, 0.4) is 0 Å². The molecule has 0 aliphatic rings. The Morgan fingerprint density at radius 2 is 2.36 bits per heavy atom. The molecule has 0 saturated heterocycles. The maximum absolute atomic E-state index is 4.45. The first-order valence-corrected chi connectivity index (χ1v) is 4.78. The first-order chi connectivity index (χ1) is 6.75. The van der Waals surface area contributed by atoms with Gasteiger partial charge >= 0.3 is 0 Å². The molecule has 1 N–H and O–H groups in total. The molecule has 0 aromatic carbocycles. The van der Waals surface area contributed by atoms with E-state index in [9.17, 15) is 0 Å². The molecule has 0 atom stereocenters. The molecular formula is C10H14N4. The van der Waals surface area contributed by atoms with Crippen molar-refractivity contribution < 1.29 is 0 Å². The molecule has 74 valence electrons. The number of nitrogens with one attached hydrogen (secondary N) is 1. The topological polar surface area (TPSA) is 46.5 Å². The molecule has 0 amide bonds. The van der Waals surface area contributed by atoms with Crippen LogP contribution in [0, 0.1) is 5.92 Å². The fourth-order valence-corrected chi connectivity index (χ4v) is 1.38. The lowest BCUT2D eigenvalue weighted by Gasteiger charge is -2.03. The summed E-state index contributed by atoms with van der Waals surface area (Å²) in [6.45, 7) is 5.32. The van der Waals surface area contributed by atoms with Gasteiger partial charge in [0.05, 0.1) is 11.9 Å². The predicted octanol–water partition coefficient (Wildman–Crippen LogP) is 1.93. The Morgan fingerprint density at radius 1 is 1.50 bits per heavy atom. The Hall–Kier alpha value is -1.58. The summed E-state index contributed by atoms with van der Waals surface area (Å²) in [5.74, 6) is 0.618. The summed E-state index contributed by atoms with van der Waals surface area (Å²) in [5, 5.41) is 11.1. The van der Waals surface area contributed by atoms with Crippen LogP contribution in [0.5, 0.6) is 0 Å². The largest absolute Gasteiger partial charge is 0.285 e. The second kappa shape index (κ2) is 3.65. The maximum atomic E-state index is 4.45. The summed E-state index contributed by atoms with van der Waals surface area (Å²) in [6.07, 6.45) is 5.63. The summed E-state index contributed by atoms with van der Waals surface area (Å²) in [7, 11) is 0. The van der Waals surface area contributed by atoms with Gasteiger partial charge in [-0.3, -0.25) is 9.78 Å². The zero-order valence-corrected chi connectivity index (χ0v) is 8.44. The molecule has 0 aliphatic carbocycles. The van der Waals surface area contributed by atoms with Crippen molar-refractivity contribution >= 4 is 0 Å². The molecule has 4 nitrogen and oxygen atoms in total. The number of rotatable bonds is 3. The van der Waals surface area contributed by atoms with Crippen LogP contribution >= 0.6 is 0 Å². The van der Waals surface area contributed by atoms with E-state index in [1.54, 1.807) is 6.20 Å². The third-order valence-electron chi connectivity index (χ3n) is 1.99. The predicted molar refractivity (Wildman–Crippen MR) is 54.6 cm³/mol. The lowest BCUT2D eigenvalue weighted by Crippen LogP contribution is -2.04. The lowest BCUT2D eigenvalue weighted by atomic mass is 10.2. The van der Waals surface area contributed by atoms with Crippen molar-refractivity contribution in [1.29, 1.82) is 0 Å². The molecule has 0 bridgehead atoms. The lowest BCUT2D eigenvalue weighted by molar-refractivity contribution is 0.484. The van der Waals surface area contributed by atoms with Crippen LogP contribution in [-0.2, 0) is 6.54 Å². The third kappa shape index (κ3) is 1.84. The van der Waals surface area contributed by atoms with Gasteiger partial charge in [-0.05, 0) is 12.0 Å². The Kier molecular flexibility index (Phi) is 2.35. The Bertz CT molecular complexity index is 386. The Morgan fingerprint density at radius 3 is 3.00 bits per heavy atom. The first-order valence-electron chi connectivity index (χ1n) is 4.78. The van der Waals surface area contributed by atoms with Gasteiger partial charge < -0.3 is 0 Å². The number of aromatic amines is 1. The van der Waals surface area contributed by atoms with E-state index in [1.165, 1.54) is 0 Å². The van der Waals surface area contributed by atoms with E-state index in [1.807, 2.05) is 23.1 Å². The number of hydrogen-bond donors (Lipinski definition) is 1. The summed E-state index contributed by atoms with van der Waals surface area (Å²) >= 11 is 0. The Balaban J connectivity index is 2.18. The van der Waals surface area contributed by atoms with Gasteiger partial charge in [0, 0.05) is 24.5 Å². The monoisotopic (exact) mass is 190 g/mol. The minimum Gasteiger partial charge on any atom is -0.285 e. The molecular weight excluding hydrogens is 176 g/mol. The normalized spacial score (nSPS) is 11.1. The highest BCUT2D eigenvalue weighted by atomic mass is 15.3. The first kappa shape index (κ1) is 8.99. The summed E-state index contributed by atoms with van der Waals surface area (Å²) < 4.78 is 1.97. The van der Waals surface area contributed by atoms with Gasteiger partial charge in [0.2, 0.25) is 0 Å². The smallest absolute Gasteiger partial charge is 0.0954 e. The molecule has 2 aromatic heterocycles. The highest BCUT2D eigenvalue weighted by Crippen LogP contribution is 2.14. The van der Waals surface area contributed by atoms with E-state index in [0.717, 1.165) is 17.8 Å². The molecule has 2 heterocycles. The van der Waals surface area contributed by atoms with Gasteiger partial charge in [0.15, 0.2) is 0 Å². The SMILES string of the molecule is CC(C)Cn1ccc(-c2cn[nH]c2)n1. The van der Waals surface area contributed by atoms with Crippen molar-refractivity contribution in [3.8, 4) is 11.3 Å². The average Bonchev–Trinajstić information content (AvgIpc) is 2.69. The fourth-order valence-electron chi connectivity index (χ4n) is 1.38. The number of H-pyrrole nitrogens is 1. The fraction of sp³-hybridized carbons (Fsp3) is 0.400. The van der Waals surface area contributed by atoms with E-state index in [0.29, 0.717) is 5.92 Å². The molecule has 0 spiro atoms. The van der Waals surface area contributed by atoms with E-state index in [4.69, 9.17) is 0 Å². The van der Waals surface area contributed by atoms with Crippen LogP contribution in [0.4, 0.5) is 0 Å². The molecule has 0 saturated carbocycles. The summed E-state index contributed by atoms with van der Waals surface area (Å²) in [6, 6.07) is 2.01. The number of nitrogens with zero attached hydrogens (tertiary/aromatic N) is 3. The minimum atomic E-state index is 0.618. The van der Waals surface area contributed by atoms with Gasteiger partial charge in [0.1, 0.15) is 0 Å². The van der Waals surface area contributed by atoms with Gasteiger partial charge in [-0.2, -0.15) is 10.2 Å². The molecule has 2 aromatic rings. The number of hydrogen-bond acceptors (Lipinski definition) is 2. The molecule has 0 radical (unpaired) electrons. The molecule has 4 heteroatoms. The molecule has 14 heavy (non-hydrogen) atoms. The van der Waals surface area contributed by atoms with Crippen molar-refractivity contribution in [3.63, 3.8) is 0 Å². The van der Waals surface area contributed by atoms with E-state index in [2.05, 4.69) is 29.1 Å². The summed E-state index contributed by atoms with van der Waals surface area (Å²) in [4.78, 5) is 0. The quantitative estimate of drug-likeness (QED) is 0.803. The molecule has 0 fully saturated rings. The second-order valence-corrected chi connectivity index (χ2v) is 3.80. The van der Waals surface area contributed by atoms with E-state index >= 15 is 0 Å². The van der Waals surface area contributed by atoms with Crippen LogP contribution in [0.25, 0.3) is 11.3 Å². The van der Waals surface area contributed by atoms with Crippen LogP contribution in [0.1, 0.15) is 13.8 Å². The van der Waals surface area contributed by atoms with Crippen molar-refractivity contribution in [1.82, 2.24) is 20.0 Å². The van der Waals surface area contributed by atoms with Crippen molar-refractivity contribution in [2.24, 2.45) is 5.92 Å². The Labute approximate surface area is 83.0 Å². The van der Waals surface area contributed by atoms with E-state index < -0.39 is 0 Å². The number of aromatic nitrogens is 4. The van der Waals surface area contributed by atoms with Crippen molar-refractivity contribution in [2.75, 3.05) is 0 Å². The van der Waals surface area contributed by atoms with Gasteiger partial charge in [0.25, 0.3) is 0 Å². The van der Waals surface area contributed by atoms with Crippen LogP contribution in [0.15, 0.2) is 24.7 Å². The average molecular weight is 190 g/mol. The summed E-state index contributed by atoms with van der Waals surface area (Å²) in [5.41, 5.74) is 2.01. The van der Waals surface area contributed by atoms with Gasteiger partial charge in [-0.1, -0.05) is 13.8 Å². The van der Waals surface area contributed by atoms with Crippen LogP contribution in [0.2, 0.25) is 0 Å². The van der Waals surface area contributed by atoms with Crippen LogP contribution < -0.4 is 0 Å². The highest BCUT2D eigenvalue weighted by Gasteiger charge is 2.03. The van der Waals surface area contributed by atoms with Crippen LogP contribution in [-0.4, -0.2) is 20.0 Å². The van der Waals surface area contributed by atoms with Crippen molar-refractivity contribution in [3.05, 3.63) is 24.7 Å². The minimum absolute atomic E-state index is 0.618. The molecule has 0 aliphatic heterocycles. The maximum Gasteiger partial charge on any atom is 0.0954 e. The molecule has 2 rings (SSSR count). The standard InChI is InChI=1S/C10H14N4/c1-8(2)7-14-4-3-10(13-14)9-5-11-12-6-9/h3-6,8H,7H2,1-2H3,(H,11,12). The molecule has 0 unspecified atom stereocenters. The second-order valence-electron chi connectivity index (χ2n) is 3.80. The third-order valence-corrected chi connectivity index (χ3v) is 1.99. The van der Waals surface area contributed by atoms with Gasteiger partial charge in [-0.25, -0.2) is 0 Å². The zero-order chi connectivity index (χ0) is 9.97. The van der Waals surface area contributed by atoms with E-state index in [-0.39, 0.29) is 0 Å². The zero-order valence-electron chi connectivity index (χ0n) is 8.44. The van der Waals surface area contributed by atoms with Gasteiger partial charge in [-0.15, -0.1) is 0 Å². The van der Waals surface area contributed by atoms with Crippen molar-refractivity contribution in [2.45, 2.75) is 20.4 Å².